The highest BCUT2D eigenvalue weighted by atomic mass is 35.5. The first kappa shape index (κ1) is 21.2. The van der Waals surface area contributed by atoms with E-state index in [9.17, 15) is 13.2 Å². The zero-order valence-corrected chi connectivity index (χ0v) is 17.1. The largest absolute Gasteiger partial charge is 0.491 e. The van der Waals surface area contributed by atoms with Gasteiger partial charge in [0.05, 0.1) is 18.0 Å². The number of halogens is 1. The Hall–Kier alpha value is -2.09. The van der Waals surface area contributed by atoms with Crippen molar-refractivity contribution in [2.24, 2.45) is 0 Å². The van der Waals surface area contributed by atoms with Gasteiger partial charge in [-0.15, -0.1) is 0 Å². The van der Waals surface area contributed by atoms with E-state index in [1.165, 1.54) is 31.3 Å². The van der Waals surface area contributed by atoms with Crippen LogP contribution in [0.1, 0.15) is 11.1 Å². The fourth-order valence-corrected chi connectivity index (χ4v) is 3.60. The van der Waals surface area contributed by atoms with Crippen LogP contribution in [0.4, 0.5) is 0 Å². The van der Waals surface area contributed by atoms with Gasteiger partial charge in [0.2, 0.25) is 15.9 Å². The molecule has 0 heterocycles. The molecule has 0 fully saturated rings. The van der Waals surface area contributed by atoms with Crippen LogP contribution < -0.4 is 10.1 Å². The lowest BCUT2D eigenvalue weighted by Gasteiger charge is -2.17. The average Bonchev–Trinajstić information content (AvgIpc) is 2.61. The quantitative estimate of drug-likeness (QED) is 0.679. The molecule has 0 spiro atoms. The van der Waals surface area contributed by atoms with Crippen molar-refractivity contribution in [3.8, 4) is 5.75 Å². The van der Waals surface area contributed by atoms with Gasteiger partial charge in [0.25, 0.3) is 0 Å². The highest BCUT2D eigenvalue weighted by Crippen LogP contribution is 2.19. The van der Waals surface area contributed by atoms with Crippen molar-refractivity contribution in [1.82, 2.24) is 9.62 Å². The third-order valence-electron chi connectivity index (χ3n) is 3.91. The number of hydrogen-bond acceptors (Lipinski definition) is 4. The van der Waals surface area contributed by atoms with E-state index in [0.717, 1.165) is 21.2 Å². The topological polar surface area (TPSA) is 75.7 Å². The Morgan fingerprint density at radius 1 is 1.15 bits per heavy atom. The maximum Gasteiger partial charge on any atom is 0.243 e. The van der Waals surface area contributed by atoms with Gasteiger partial charge in [0.15, 0.2) is 0 Å². The smallest absolute Gasteiger partial charge is 0.243 e. The molecule has 0 aliphatic carbocycles. The molecule has 0 aromatic heterocycles. The van der Waals surface area contributed by atoms with Gasteiger partial charge >= 0.3 is 0 Å². The number of aryl methyl sites for hydroxylation is 2. The Kier molecular flexibility index (Phi) is 7.24. The van der Waals surface area contributed by atoms with E-state index in [1.54, 1.807) is 0 Å². The highest BCUT2D eigenvalue weighted by Gasteiger charge is 2.22. The van der Waals surface area contributed by atoms with Gasteiger partial charge in [0, 0.05) is 12.1 Å². The lowest BCUT2D eigenvalue weighted by Crippen LogP contribution is -2.39. The van der Waals surface area contributed by atoms with E-state index in [2.05, 4.69) is 5.32 Å². The lowest BCUT2D eigenvalue weighted by atomic mass is 10.1. The summed E-state index contributed by atoms with van der Waals surface area (Å²) in [6.45, 7) is 4.22. The molecule has 0 atom stereocenters. The summed E-state index contributed by atoms with van der Waals surface area (Å²) in [5, 5.41) is 3.10. The van der Waals surface area contributed by atoms with E-state index >= 15 is 0 Å². The second-order valence-electron chi connectivity index (χ2n) is 6.18. The minimum absolute atomic E-state index is 0.0838. The molecule has 0 saturated heterocycles. The van der Waals surface area contributed by atoms with Crippen molar-refractivity contribution in [1.29, 1.82) is 0 Å². The number of rotatable bonds is 8. The van der Waals surface area contributed by atoms with Crippen molar-refractivity contribution in [2.75, 3.05) is 26.7 Å². The molecule has 0 aliphatic rings. The predicted molar refractivity (Wildman–Crippen MR) is 106 cm³/mol. The molecule has 2 rings (SSSR count). The summed E-state index contributed by atoms with van der Waals surface area (Å²) in [6, 6.07) is 11.7. The monoisotopic (exact) mass is 410 g/mol. The molecule has 8 heteroatoms. The maximum absolute atomic E-state index is 12.4. The number of ether oxygens (including phenoxy) is 1. The first-order valence-electron chi connectivity index (χ1n) is 8.39. The van der Waals surface area contributed by atoms with Gasteiger partial charge in [-0.25, -0.2) is 8.42 Å². The van der Waals surface area contributed by atoms with Gasteiger partial charge < -0.3 is 10.1 Å². The van der Waals surface area contributed by atoms with Crippen LogP contribution in [0.3, 0.4) is 0 Å². The minimum Gasteiger partial charge on any atom is -0.491 e. The van der Waals surface area contributed by atoms with Crippen LogP contribution in [0.2, 0.25) is 5.02 Å². The van der Waals surface area contributed by atoms with Crippen LogP contribution >= 0.6 is 11.6 Å². The summed E-state index contributed by atoms with van der Waals surface area (Å²) in [4.78, 5) is 12.1. The zero-order valence-electron chi connectivity index (χ0n) is 15.5. The summed E-state index contributed by atoms with van der Waals surface area (Å²) in [6.07, 6.45) is 0. The van der Waals surface area contributed by atoms with E-state index in [-0.39, 0.29) is 18.0 Å². The van der Waals surface area contributed by atoms with E-state index in [0.29, 0.717) is 11.6 Å². The van der Waals surface area contributed by atoms with Gasteiger partial charge in [0.1, 0.15) is 12.4 Å². The maximum atomic E-state index is 12.4. The summed E-state index contributed by atoms with van der Waals surface area (Å²) in [7, 11) is -2.39. The fourth-order valence-electron chi connectivity index (χ4n) is 2.34. The number of nitrogens with zero attached hydrogens (tertiary/aromatic N) is 1. The summed E-state index contributed by atoms with van der Waals surface area (Å²) in [5.74, 6) is 0.367. The number of amides is 1. The van der Waals surface area contributed by atoms with E-state index < -0.39 is 15.9 Å². The molecule has 146 valence electrons. The molecule has 2 aromatic rings. The van der Waals surface area contributed by atoms with Crippen molar-refractivity contribution in [3.05, 3.63) is 58.6 Å². The molecular formula is C19H23ClN2O4S. The Labute approximate surface area is 165 Å². The molecule has 1 N–H and O–H groups in total. The second-order valence-corrected chi connectivity index (χ2v) is 8.66. The number of benzene rings is 2. The van der Waals surface area contributed by atoms with Crippen LogP contribution in [-0.2, 0) is 14.8 Å². The van der Waals surface area contributed by atoms with Crippen molar-refractivity contribution in [2.45, 2.75) is 18.7 Å². The third kappa shape index (κ3) is 5.95. The number of carbonyl (C=O) groups excluding carboxylic acids is 1. The molecule has 0 saturated carbocycles. The van der Waals surface area contributed by atoms with E-state index in [4.69, 9.17) is 16.3 Å². The molecule has 27 heavy (non-hydrogen) atoms. The third-order valence-corrected chi connectivity index (χ3v) is 5.98. The molecule has 0 radical (unpaired) electrons. The van der Waals surface area contributed by atoms with Crippen molar-refractivity contribution >= 4 is 27.5 Å². The molecule has 0 bridgehead atoms. The van der Waals surface area contributed by atoms with Crippen LogP contribution in [0.25, 0.3) is 0 Å². The second kappa shape index (κ2) is 9.21. The van der Waals surface area contributed by atoms with Crippen molar-refractivity contribution in [3.63, 3.8) is 0 Å². The Balaban J connectivity index is 1.82. The Morgan fingerprint density at radius 2 is 1.81 bits per heavy atom. The molecule has 6 nitrogen and oxygen atoms in total. The molecule has 0 unspecified atom stereocenters. The molecular weight excluding hydrogens is 388 g/mol. The summed E-state index contributed by atoms with van der Waals surface area (Å²) >= 11 is 5.77. The average molecular weight is 411 g/mol. The van der Waals surface area contributed by atoms with Gasteiger partial charge in [-0.2, -0.15) is 4.31 Å². The van der Waals surface area contributed by atoms with Crippen molar-refractivity contribution < 1.29 is 17.9 Å². The number of carbonyl (C=O) groups is 1. The fraction of sp³-hybridized carbons (Fsp3) is 0.316. The molecule has 0 aliphatic heterocycles. The standard InChI is InChI=1S/C19H23ClN2O4S/c1-14-4-5-15(2)18(12-14)26-11-10-21-19(23)13-22(3)27(24,25)17-8-6-16(20)7-9-17/h4-9,12H,10-11,13H2,1-3H3,(H,21,23). The van der Waals surface area contributed by atoms with Gasteiger partial charge in [-0.3, -0.25) is 4.79 Å². The van der Waals surface area contributed by atoms with Gasteiger partial charge in [-0.1, -0.05) is 23.7 Å². The SMILES string of the molecule is Cc1ccc(C)c(OCCNC(=O)CN(C)S(=O)(=O)c2ccc(Cl)cc2)c1. The van der Waals surface area contributed by atoms with Gasteiger partial charge in [-0.05, 0) is 55.3 Å². The Bertz CT molecular complexity index is 898. The molecule has 2 aromatic carbocycles. The summed E-state index contributed by atoms with van der Waals surface area (Å²) in [5.41, 5.74) is 2.11. The first-order valence-corrected chi connectivity index (χ1v) is 10.2. The number of hydrogen-bond donors (Lipinski definition) is 1. The van der Waals surface area contributed by atoms with Crippen LogP contribution in [0, 0.1) is 13.8 Å². The number of nitrogens with one attached hydrogen (secondary N) is 1. The van der Waals surface area contributed by atoms with E-state index in [1.807, 2.05) is 32.0 Å². The normalized spacial score (nSPS) is 11.4. The number of likely N-dealkylation sites (N-methyl/N-ethyl adjacent to an activating group) is 1. The predicted octanol–water partition coefficient (Wildman–Crippen LogP) is 2.77. The van der Waals surface area contributed by atoms with Crippen LogP contribution in [0.5, 0.6) is 5.75 Å². The Morgan fingerprint density at radius 3 is 2.48 bits per heavy atom. The van der Waals surface area contributed by atoms with Crippen LogP contribution in [-0.4, -0.2) is 45.4 Å². The minimum atomic E-state index is -3.75. The zero-order chi connectivity index (χ0) is 20.0. The molecule has 1 amide bonds. The lowest BCUT2D eigenvalue weighted by molar-refractivity contribution is -0.121. The first-order chi connectivity index (χ1) is 12.7. The summed E-state index contributed by atoms with van der Waals surface area (Å²) < 4.78 is 31.5. The number of sulfonamides is 1. The van der Waals surface area contributed by atoms with Crippen LogP contribution in [0.15, 0.2) is 47.4 Å². The highest BCUT2D eigenvalue weighted by molar-refractivity contribution is 7.89.